The zero-order valence-corrected chi connectivity index (χ0v) is 19.0. The van der Waals surface area contributed by atoms with Gasteiger partial charge in [0.05, 0.1) is 12.0 Å². The lowest BCUT2D eigenvalue weighted by atomic mass is 9.71. The number of hydrogen-bond acceptors (Lipinski definition) is 5. The summed E-state index contributed by atoms with van der Waals surface area (Å²) in [4.78, 5) is 39.4. The van der Waals surface area contributed by atoms with Crippen LogP contribution in [0.25, 0.3) is 0 Å². The van der Waals surface area contributed by atoms with Crippen LogP contribution in [-0.2, 0) is 14.4 Å². The Morgan fingerprint density at radius 2 is 2.12 bits per heavy atom. The molecule has 0 aromatic heterocycles. The fraction of sp³-hybridized carbons (Fsp3) is 0.565. The Kier molecular flexibility index (Phi) is 6.78. The summed E-state index contributed by atoms with van der Waals surface area (Å²) in [5.74, 6) is -7.05. The third kappa shape index (κ3) is 4.59. The van der Waals surface area contributed by atoms with Gasteiger partial charge in [-0.1, -0.05) is 23.7 Å². The molecule has 0 unspecified atom stereocenters. The molecule has 3 saturated heterocycles. The van der Waals surface area contributed by atoms with E-state index >= 15 is 0 Å². The van der Waals surface area contributed by atoms with E-state index in [9.17, 15) is 33.5 Å². The van der Waals surface area contributed by atoms with Gasteiger partial charge in [0.2, 0.25) is 11.8 Å². The molecular formula is C23H25ClF2N4O4. The number of carbonyl (C=O) groups is 3. The van der Waals surface area contributed by atoms with Gasteiger partial charge in [-0.15, -0.1) is 0 Å². The summed E-state index contributed by atoms with van der Waals surface area (Å²) >= 11 is 5.95. The molecular weight excluding hydrogens is 470 g/mol. The molecule has 0 radical (unpaired) electrons. The maximum Gasteiger partial charge on any atom is 0.256 e. The summed E-state index contributed by atoms with van der Waals surface area (Å²) in [5.41, 5.74) is 0.187. The monoisotopic (exact) mass is 494 g/mol. The molecule has 1 saturated carbocycles. The van der Waals surface area contributed by atoms with E-state index in [1.165, 1.54) is 12.1 Å². The van der Waals surface area contributed by atoms with Crippen LogP contribution in [0.15, 0.2) is 24.3 Å². The van der Waals surface area contributed by atoms with Crippen LogP contribution in [0.4, 0.5) is 8.78 Å². The summed E-state index contributed by atoms with van der Waals surface area (Å²) in [6, 6.07) is 4.35. The van der Waals surface area contributed by atoms with Crippen LogP contribution in [0, 0.1) is 23.2 Å². The minimum Gasteiger partial charge on any atom is -0.378 e. The second-order valence-corrected chi connectivity index (χ2v) is 9.59. The third-order valence-electron chi connectivity index (χ3n) is 7.01. The Balaban J connectivity index is 1.58. The van der Waals surface area contributed by atoms with E-state index in [-0.39, 0.29) is 35.8 Å². The highest BCUT2D eigenvalue weighted by molar-refractivity contribution is 6.30. The standard InChI is InChI=1S/C23H25ClF2N4O4/c24-14-3-1-2-12(8-14)19(31)22(34)30-16-4-5-17(23(25,26)10-16)18(30)21(33)29-15(11-27)9-13-6-7-28-20(13)32/h1-3,8,13,15-19,31H,4-7,9-10H2,(H,28,32)(H,29,33)/t13-,15+,16-,17-,18-,19-/m0/s1. The SMILES string of the molecule is N#C[C@@H](C[C@@H]1CCNC1=O)NC(=O)[C@@H]1[C@@H]2CC[C@@H](CC2(F)F)N1C(=O)[C@@H](O)c1cccc(Cl)c1. The zero-order chi connectivity index (χ0) is 24.6. The molecule has 4 aliphatic rings. The number of amides is 3. The molecule has 6 atom stereocenters. The third-order valence-corrected chi connectivity index (χ3v) is 7.25. The van der Waals surface area contributed by atoms with E-state index < -0.39 is 60.2 Å². The lowest BCUT2D eigenvalue weighted by Crippen LogP contribution is -2.69. The minimum absolute atomic E-state index is 0.0368. The fourth-order valence-corrected chi connectivity index (χ4v) is 5.54. The molecule has 3 amide bonds. The van der Waals surface area contributed by atoms with Crippen molar-refractivity contribution in [2.24, 2.45) is 11.8 Å². The second kappa shape index (κ2) is 9.47. The first-order valence-corrected chi connectivity index (χ1v) is 11.6. The van der Waals surface area contributed by atoms with Gasteiger partial charge in [-0.25, -0.2) is 8.78 Å². The Labute approximate surface area is 200 Å². The van der Waals surface area contributed by atoms with Crippen LogP contribution < -0.4 is 10.6 Å². The van der Waals surface area contributed by atoms with E-state index in [1.54, 1.807) is 12.1 Å². The molecule has 5 rings (SSSR count). The number of alkyl halides is 2. The first-order valence-electron chi connectivity index (χ1n) is 11.2. The predicted octanol–water partition coefficient (Wildman–Crippen LogP) is 1.92. The van der Waals surface area contributed by atoms with Crippen LogP contribution in [0.2, 0.25) is 5.02 Å². The van der Waals surface area contributed by atoms with Gasteiger partial charge in [-0.3, -0.25) is 14.4 Å². The number of aliphatic hydroxyl groups is 1. The van der Waals surface area contributed by atoms with Crippen molar-refractivity contribution in [3.63, 3.8) is 0 Å². The highest BCUT2D eigenvalue weighted by Crippen LogP contribution is 2.49. The number of piperidine rings is 2. The lowest BCUT2D eigenvalue weighted by molar-refractivity contribution is -0.198. The van der Waals surface area contributed by atoms with Gasteiger partial charge in [0.15, 0.2) is 6.10 Å². The summed E-state index contributed by atoms with van der Waals surface area (Å²) in [5, 5.41) is 25.6. The number of fused-ring (bicyclic) bond motifs is 3. The number of carbonyl (C=O) groups excluding carboxylic acids is 3. The molecule has 11 heteroatoms. The molecule has 0 spiro atoms. The van der Waals surface area contributed by atoms with Crippen LogP contribution in [0.3, 0.4) is 0 Å². The molecule has 3 N–H and O–H groups in total. The van der Waals surface area contributed by atoms with Gasteiger partial charge >= 0.3 is 0 Å². The van der Waals surface area contributed by atoms with Gasteiger partial charge in [0.25, 0.3) is 11.8 Å². The smallest absolute Gasteiger partial charge is 0.256 e. The van der Waals surface area contributed by atoms with Crippen LogP contribution in [0.5, 0.6) is 0 Å². The van der Waals surface area contributed by atoms with Gasteiger partial charge in [-0.05, 0) is 43.4 Å². The topological polar surface area (TPSA) is 123 Å². The summed E-state index contributed by atoms with van der Waals surface area (Å²) in [7, 11) is 0. The van der Waals surface area contributed by atoms with Crippen molar-refractivity contribution >= 4 is 29.3 Å². The van der Waals surface area contributed by atoms with Crippen molar-refractivity contribution in [1.29, 1.82) is 5.26 Å². The van der Waals surface area contributed by atoms with Gasteiger partial charge in [0, 0.05) is 29.9 Å². The number of aliphatic hydroxyl groups excluding tert-OH is 1. The summed E-state index contributed by atoms with van der Waals surface area (Å²) < 4.78 is 29.6. The lowest BCUT2D eigenvalue weighted by Gasteiger charge is -2.54. The molecule has 182 valence electrons. The minimum atomic E-state index is -3.17. The molecule has 3 aliphatic heterocycles. The van der Waals surface area contributed by atoms with Crippen molar-refractivity contribution in [1.82, 2.24) is 15.5 Å². The highest BCUT2D eigenvalue weighted by Gasteiger charge is 2.61. The molecule has 3 heterocycles. The first-order chi connectivity index (χ1) is 16.1. The van der Waals surface area contributed by atoms with Crippen LogP contribution in [0.1, 0.15) is 43.8 Å². The van der Waals surface area contributed by atoms with Crippen molar-refractivity contribution in [3.05, 3.63) is 34.9 Å². The molecule has 8 nitrogen and oxygen atoms in total. The maximum atomic E-state index is 14.8. The number of rotatable bonds is 6. The summed E-state index contributed by atoms with van der Waals surface area (Å²) in [6.45, 7) is 0.470. The Morgan fingerprint density at radius 1 is 1.35 bits per heavy atom. The van der Waals surface area contributed by atoms with Gasteiger partial charge < -0.3 is 20.6 Å². The second-order valence-electron chi connectivity index (χ2n) is 9.15. The molecule has 34 heavy (non-hydrogen) atoms. The average molecular weight is 495 g/mol. The summed E-state index contributed by atoms with van der Waals surface area (Å²) in [6.07, 6.45) is -1.41. The number of hydrogen-bond donors (Lipinski definition) is 3. The molecule has 2 bridgehead atoms. The normalized spacial score (nSPS) is 29.1. The molecule has 1 aliphatic carbocycles. The van der Waals surface area contributed by atoms with E-state index in [0.717, 1.165) is 4.90 Å². The van der Waals surface area contributed by atoms with E-state index in [1.807, 2.05) is 6.07 Å². The number of halogens is 3. The van der Waals surface area contributed by atoms with Crippen molar-refractivity contribution in [2.75, 3.05) is 6.54 Å². The van der Waals surface area contributed by atoms with E-state index in [2.05, 4.69) is 10.6 Å². The van der Waals surface area contributed by atoms with Crippen molar-refractivity contribution in [3.8, 4) is 6.07 Å². The highest BCUT2D eigenvalue weighted by atomic mass is 35.5. The quantitative estimate of drug-likeness (QED) is 0.557. The number of nitrogens with one attached hydrogen (secondary N) is 2. The maximum absolute atomic E-state index is 14.8. The van der Waals surface area contributed by atoms with E-state index in [4.69, 9.17) is 11.6 Å². The largest absolute Gasteiger partial charge is 0.378 e. The Bertz CT molecular complexity index is 1030. The van der Waals surface area contributed by atoms with Gasteiger partial charge in [-0.2, -0.15) is 5.26 Å². The number of nitriles is 1. The van der Waals surface area contributed by atoms with Crippen LogP contribution in [-0.4, -0.2) is 58.3 Å². The van der Waals surface area contributed by atoms with Crippen LogP contribution >= 0.6 is 11.6 Å². The molecule has 4 fully saturated rings. The Morgan fingerprint density at radius 3 is 2.74 bits per heavy atom. The van der Waals surface area contributed by atoms with E-state index in [0.29, 0.717) is 13.0 Å². The molecule has 1 aromatic rings. The first kappa shape index (κ1) is 24.4. The fourth-order valence-electron chi connectivity index (χ4n) is 5.34. The predicted molar refractivity (Wildman–Crippen MR) is 116 cm³/mol. The number of benzene rings is 1. The van der Waals surface area contributed by atoms with Crippen molar-refractivity contribution in [2.45, 2.75) is 62.3 Å². The number of nitrogens with zero attached hydrogens (tertiary/aromatic N) is 2. The Hall–Kier alpha value is -2.77. The van der Waals surface area contributed by atoms with Gasteiger partial charge in [0.1, 0.15) is 12.1 Å². The molecule has 1 aromatic carbocycles. The average Bonchev–Trinajstić information content (AvgIpc) is 3.20. The zero-order valence-electron chi connectivity index (χ0n) is 18.2. The van der Waals surface area contributed by atoms with Crippen molar-refractivity contribution < 1.29 is 28.3 Å².